The number of carbonyl (C=O) groups is 9. The number of carboxylic acids is 2. The monoisotopic (exact) mass is 714 g/mol. The number of rotatable bonds is 26. The highest BCUT2D eigenvalue weighted by Crippen LogP contribution is 2.05. The molecule has 0 rings (SSSR count). The van der Waals surface area contributed by atoms with Crippen LogP contribution in [0.5, 0.6) is 0 Å². The van der Waals surface area contributed by atoms with E-state index in [9.17, 15) is 47.9 Å². The van der Waals surface area contributed by atoms with Crippen LogP contribution in [0, 0.1) is 0 Å². The zero-order valence-corrected chi connectivity index (χ0v) is 28.0. The summed E-state index contributed by atoms with van der Waals surface area (Å²) in [5, 5.41) is 31.5. The van der Waals surface area contributed by atoms with E-state index < -0.39 is 103 Å². The minimum Gasteiger partial charge on any atom is -0.481 e. The fourth-order valence-electron chi connectivity index (χ4n) is 4.05. The number of unbranched alkanes of at least 4 members (excludes halogenated alkanes) is 1. The van der Waals surface area contributed by atoms with E-state index in [1.54, 1.807) is 6.29 Å². The number of nitrogens with two attached hydrogens (primary N) is 3. The van der Waals surface area contributed by atoms with Gasteiger partial charge in [0.1, 0.15) is 24.2 Å². The third-order valence-electron chi connectivity index (χ3n) is 6.95. The molecule has 0 spiro atoms. The molecule has 7 amide bonds. The molecule has 0 aliphatic carbocycles. The van der Waals surface area contributed by atoms with Crippen molar-refractivity contribution in [2.45, 2.75) is 108 Å². The van der Waals surface area contributed by atoms with E-state index >= 15 is 0 Å². The average molecular weight is 715 g/mol. The van der Waals surface area contributed by atoms with Crippen molar-refractivity contribution in [2.75, 3.05) is 13.1 Å². The van der Waals surface area contributed by atoms with Gasteiger partial charge >= 0.3 is 11.9 Å². The molecule has 0 saturated carbocycles. The van der Waals surface area contributed by atoms with Gasteiger partial charge in [-0.1, -0.05) is 0 Å². The van der Waals surface area contributed by atoms with Crippen LogP contribution in [0.2, 0.25) is 0 Å². The van der Waals surface area contributed by atoms with Gasteiger partial charge < -0.3 is 59.3 Å². The number of amides is 7. The quantitative estimate of drug-likeness (QED) is 0.0374. The Hall–Kier alpha value is -5.18. The predicted octanol–water partition coefficient (Wildman–Crippen LogP) is -4.87. The van der Waals surface area contributed by atoms with Gasteiger partial charge in [-0.2, -0.15) is 0 Å². The lowest BCUT2D eigenvalue weighted by atomic mass is 10.1. The summed E-state index contributed by atoms with van der Waals surface area (Å²) in [6.45, 7) is 2.21. The van der Waals surface area contributed by atoms with E-state index in [-0.39, 0.29) is 38.5 Å². The topological polar surface area (TPSA) is 361 Å². The SMILES string of the molecule is C[C@H](NC(=O)[C@H](C)NC(=O)[C@H](CCC(N)=O)NC(=O)CNC(=O)[C@@H](N)CCC(=O)O)C(=O)N[C@@H](CCCCN)C(=O)N[C@H]([C]=O)CCC(=O)O. The number of hydrogen-bond donors (Lipinski definition) is 11. The van der Waals surface area contributed by atoms with Crippen LogP contribution in [0.1, 0.15) is 71.6 Å². The second-order valence-electron chi connectivity index (χ2n) is 11.3. The molecule has 1 radical (unpaired) electrons. The van der Waals surface area contributed by atoms with Crippen LogP contribution >= 0.6 is 0 Å². The van der Waals surface area contributed by atoms with E-state index in [0.717, 1.165) is 0 Å². The first-order valence-electron chi connectivity index (χ1n) is 15.7. The smallest absolute Gasteiger partial charge is 0.303 e. The summed E-state index contributed by atoms with van der Waals surface area (Å²) in [5.41, 5.74) is 16.2. The first-order valence-corrected chi connectivity index (χ1v) is 15.7. The van der Waals surface area contributed by atoms with Gasteiger partial charge in [0.25, 0.3) is 0 Å². The maximum Gasteiger partial charge on any atom is 0.303 e. The number of carboxylic acid groups (broad SMARTS) is 2. The Labute approximate surface area is 287 Å². The zero-order chi connectivity index (χ0) is 38.4. The lowest BCUT2D eigenvalue weighted by molar-refractivity contribution is -0.138. The molecule has 6 atom stereocenters. The molecule has 0 aromatic rings. The van der Waals surface area contributed by atoms with Crippen molar-refractivity contribution in [1.29, 1.82) is 0 Å². The first-order chi connectivity index (χ1) is 23.4. The molecule has 0 aliphatic heterocycles. The van der Waals surface area contributed by atoms with Crippen LogP contribution < -0.4 is 49.1 Å². The summed E-state index contributed by atoms with van der Waals surface area (Å²) < 4.78 is 0. The molecule has 0 bridgehead atoms. The summed E-state index contributed by atoms with van der Waals surface area (Å²) in [7, 11) is 0. The molecule has 0 fully saturated rings. The molecule has 14 N–H and O–H groups in total. The van der Waals surface area contributed by atoms with E-state index in [2.05, 4.69) is 31.9 Å². The van der Waals surface area contributed by atoms with Crippen molar-refractivity contribution in [3.05, 3.63) is 0 Å². The van der Waals surface area contributed by atoms with Gasteiger partial charge in [0.15, 0.2) is 0 Å². The number of nitrogens with one attached hydrogen (secondary N) is 6. The van der Waals surface area contributed by atoms with Crippen LogP contribution in [-0.4, -0.2) is 119 Å². The molecule has 21 heteroatoms. The summed E-state index contributed by atoms with van der Waals surface area (Å²) in [6.07, 6.45) is 0.737. The Morgan fingerprint density at radius 1 is 0.640 bits per heavy atom. The molecule has 50 heavy (non-hydrogen) atoms. The first kappa shape index (κ1) is 44.8. The van der Waals surface area contributed by atoms with Gasteiger partial charge in [-0.3, -0.25) is 47.9 Å². The molecule has 0 aliphatic rings. The highest BCUT2D eigenvalue weighted by atomic mass is 16.4. The molecular formula is C29H48N9O12. The molecule has 281 valence electrons. The van der Waals surface area contributed by atoms with Gasteiger partial charge in [-0.25, -0.2) is 0 Å². The lowest BCUT2D eigenvalue weighted by Gasteiger charge is -2.24. The van der Waals surface area contributed by atoms with Crippen molar-refractivity contribution >= 4 is 59.6 Å². The molecule has 0 unspecified atom stereocenters. The third kappa shape index (κ3) is 19.6. The Morgan fingerprint density at radius 3 is 1.70 bits per heavy atom. The van der Waals surface area contributed by atoms with E-state index in [4.69, 9.17) is 27.4 Å². The number of carbonyl (C=O) groups excluding carboxylic acids is 8. The summed E-state index contributed by atoms with van der Waals surface area (Å²) in [6, 6.07) is -7.55. The molecule has 0 aromatic carbocycles. The highest BCUT2D eigenvalue weighted by molar-refractivity contribution is 5.96. The maximum absolute atomic E-state index is 13.0. The Morgan fingerprint density at radius 2 is 1.16 bits per heavy atom. The minimum absolute atomic E-state index is 0.103. The largest absolute Gasteiger partial charge is 0.481 e. The minimum atomic E-state index is -1.39. The molecule has 21 nitrogen and oxygen atoms in total. The number of aliphatic carboxylic acids is 2. The van der Waals surface area contributed by atoms with Crippen LogP contribution in [-0.2, 0) is 47.9 Å². The fraction of sp³-hybridized carbons (Fsp3) is 0.655. The molecule has 0 aromatic heterocycles. The Balaban J connectivity index is 5.34. The van der Waals surface area contributed by atoms with Gasteiger partial charge in [0.05, 0.1) is 18.6 Å². The van der Waals surface area contributed by atoms with Gasteiger partial charge in [-0.15, -0.1) is 0 Å². The normalized spacial score (nSPS) is 14.2. The Kier molecular flexibility index (Phi) is 21.5. The molecular weight excluding hydrogens is 666 g/mol. The van der Waals surface area contributed by atoms with Crippen LogP contribution in [0.15, 0.2) is 0 Å². The van der Waals surface area contributed by atoms with Crippen LogP contribution in [0.4, 0.5) is 0 Å². The van der Waals surface area contributed by atoms with E-state index in [0.29, 0.717) is 19.4 Å². The molecule has 0 saturated heterocycles. The maximum atomic E-state index is 13.0. The Bertz CT molecular complexity index is 1230. The van der Waals surface area contributed by atoms with Gasteiger partial charge in [0, 0.05) is 19.3 Å². The second kappa shape index (κ2) is 24.0. The number of hydrogen-bond acceptors (Lipinski definition) is 12. The van der Waals surface area contributed by atoms with Crippen molar-refractivity contribution in [3.8, 4) is 0 Å². The van der Waals surface area contributed by atoms with Gasteiger partial charge in [0.2, 0.25) is 47.6 Å². The van der Waals surface area contributed by atoms with Crippen LogP contribution in [0.3, 0.4) is 0 Å². The zero-order valence-electron chi connectivity index (χ0n) is 28.0. The fourth-order valence-corrected chi connectivity index (χ4v) is 4.05. The predicted molar refractivity (Wildman–Crippen MR) is 173 cm³/mol. The van der Waals surface area contributed by atoms with Crippen molar-refractivity contribution < 1.29 is 58.2 Å². The second-order valence-corrected chi connectivity index (χ2v) is 11.3. The number of primary amides is 1. The summed E-state index contributed by atoms with van der Waals surface area (Å²) >= 11 is 0. The van der Waals surface area contributed by atoms with Gasteiger partial charge in [-0.05, 0) is 58.9 Å². The average Bonchev–Trinajstić information content (AvgIpc) is 3.04. The highest BCUT2D eigenvalue weighted by Gasteiger charge is 2.29. The standard InChI is InChI=1S/C29H48N9O12/c1-15(35-28(49)20(8-9-21(32)40)37-22(41)13-33-27(48)18(31)7-11-24(44)45)25(46)34-16(2)26(47)38-19(5-3-4-12-30)29(50)36-17(14-39)6-10-23(42)43/h15-20H,3-13,30-31H2,1-2H3,(H2,32,40)(H,33,48)(H,34,46)(H,35,49)(H,36,50)(H,37,41)(H,38,47)(H,42,43)(H,44,45)/t15-,16-,17-,18-,19-,20-/m0/s1. The molecule has 0 heterocycles. The van der Waals surface area contributed by atoms with Crippen molar-refractivity contribution in [2.24, 2.45) is 17.2 Å². The summed E-state index contributed by atoms with van der Waals surface area (Å²) in [5.74, 6) is -8.19. The van der Waals surface area contributed by atoms with E-state index in [1.807, 2.05) is 0 Å². The van der Waals surface area contributed by atoms with Crippen LogP contribution in [0.25, 0.3) is 0 Å². The summed E-state index contributed by atoms with van der Waals surface area (Å²) in [4.78, 5) is 120. The lowest BCUT2D eigenvalue weighted by Crippen LogP contribution is -2.57. The van der Waals surface area contributed by atoms with Crippen molar-refractivity contribution in [3.63, 3.8) is 0 Å². The van der Waals surface area contributed by atoms with Crippen molar-refractivity contribution in [1.82, 2.24) is 31.9 Å². The third-order valence-corrected chi connectivity index (χ3v) is 6.95. The van der Waals surface area contributed by atoms with E-state index in [1.165, 1.54) is 13.8 Å².